The number of urea groups is 1. The van der Waals surface area contributed by atoms with Gasteiger partial charge in [-0.05, 0) is 42.7 Å². The summed E-state index contributed by atoms with van der Waals surface area (Å²) in [6.07, 6.45) is 3.83. The van der Waals surface area contributed by atoms with Crippen LogP contribution in [0.1, 0.15) is 24.1 Å². The molecule has 0 spiro atoms. The van der Waals surface area contributed by atoms with Crippen LogP contribution in [-0.4, -0.2) is 17.6 Å². The monoisotopic (exact) mass is 287 g/mol. The number of aromatic nitrogens is 1. The first-order valence-corrected chi connectivity index (χ1v) is 6.84. The minimum absolute atomic E-state index is 0.110. The zero-order valence-corrected chi connectivity index (χ0v) is 11.8. The van der Waals surface area contributed by atoms with Gasteiger partial charge in [0.2, 0.25) is 0 Å². The Morgan fingerprint density at radius 1 is 1.24 bits per heavy atom. The Morgan fingerprint density at radius 3 is 2.67 bits per heavy atom. The van der Waals surface area contributed by atoms with E-state index < -0.39 is 0 Å². The number of benzene rings is 1. The topological polar surface area (TPSA) is 54.0 Å². The Bertz CT molecular complexity index is 589. The zero-order chi connectivity index (χ0) is 15.1. The summed E-state index contributed by atoms with van der Waals surface area (Å²) in [6.45, 7) is 2.28. The molecule has 4 nitrogen and oxygen atoms in total. The first-order valence-electron chi connectivity index (χ1n) is 6.84. The van der Waals surface area contributed by atoms with Crippen LogP contribution in [-0.2, 0) is 6.42 Å². The second kappa shape index (κ2) is 7.38. The minimum atomic E-state index is -0.268. The lowest BCUT2D eigenvalue weighted by molar-refractivity contribution is 0.238. The van der Waals surface area contributed by atoms with Crippen LogP contribution < -0.4 is 10.6 Å². The van der Waals surface area contributed by atoms with Gasteiger partial charge in [-0.25, -0.2) is 9.18 Å². The zero-order valence-electron chi connectivity index (χ0n) is 11.8. The second-order valence-electron chi connectivity index (χ2n) is 4.74. The molecule has 2 rings (SSSR count). The minimum Gasteiger partial charge on any atom is -0.338 e. The van der Waals surface area contributed by atoms with E-state index in [4.69, 9.17) is 0 Å². The van der Waals surface area contributed by atoms with Crippen LogP contribution in [0.5, 0.6) is 0 Å². The average Bonchev–Trinajstić information content (AvgIpc) is 2.50. The third kappa shape index (κ3) is 4.56. The molecule has 1 aromatic heterocycles. The third-order valence-corrected chi connectivity index (χ3v) is 3.19. The lowest BCUT2D eigenvalue weighted by atomic mass is 10.1. The van der Waals surface area contributed by atoms with Crippen LogP contribution in [0.15, 0.2) is 48.8 Å². The van der Waals surface area contributed by atoms with Gasteiger partial charge in [-0.15, -0.1) is 0 Å². The molecule has 1 atom stereocenters. The van der Waals surface area contributed by atoms with Crippen molar-refractivity contribution in [3.8, 4) is 0 Å². The molecule has 2 amide bonds. The van der Waals surface area contributed by atoms with E-state index in [-0.39, 0.29) is 17.9 Å². The van der Waals surface area contributed by atoms with E-state index >= 15 is 0 Å². The number of nitrogens with zero attached hydrogens (tertiary/aromatic N) is 1. The molecule has 5 heteroatoms. The highest BCUT2D eigenvalue weighted by Crippen LogP contribution is 2.09. The number of nitrogens with one attached hydrogen (secondary N) is 2. The largest absolute Gasteiger partial charge is 0.338 e. The van der Waals surface area contributed by atoms with Gasteiger partial charge in [0.05, 0.1) is 6.04 Å². The lowest BCUT2D eigenvalue weighted by Crippen LogP contribution is -2.38. The Hall–Kier alpha value is -2.43. The maximum atomic E-state index is 13.4. The predicted octanol–water partition coefficient (Wildman–Crippen LogP) is 2.82. The molecule has 1 aromatic carbocycles. The highest BCUT2D eigenvalue weighted by Gasteiger charge is 2.08. The number of pyridine rings is 1. The summed E-state index contributed by atoms with van der Waals surface area (Å²) in [5, 5.41) is 5.55. The molecule has 0 fully saturated rings. The Morgan fingerprint density at radius 2 is 1.95 bits per heavy atom. The fraction of sp³-hybridized carbons (Fsp3) is 0.250. The molecule has 0 bridgehead atoms. The molecule has 1 heterocycles. The molecule has 0 saturated carbocycles. The quantitative estimate of drug-likeness (QED) is 0.888. The van der Waals surface area contributed by atoms with Gasteiger partial charge in [0.1, 0.15) is 5.82 Å². The normalized spacial score (nSPS) is 11.7. The number of hydrogen-bond donors (Lipinski definition) is 2. The van der Waals surface area contributed by atoms with E-state index in [9.17, 15) is 9.18 Å². The standard InChI is InChI=1S/C16H18FN3O/c1-12(13-6-9-18-10-7-13)20-16(21)19-11-8-14-4-2-3-5-15(14)17/h2-7,9-10,12H,8,11H2,1H3,(H2,19,20,21). The van der Waals surface area contributed by atoms with Crippen LogP contribution in [0.2, 0.25) is 0 Å². The second-order valence-corrected chi connectivity index (χ2v) is 4.74. The van der Waals surface area contributed by atoms with Crippen molar-refractivity contribution in [3.05, 3.63) is 65.7 Å². The van der Waals surface area contributed by atoms with E-state index in [0.717, 1.165) is 5.56 Å². The van der Waals surface area contributed by atoms with Gasteiger partial charge in [-0.3, -0.25) is 4.98 Å². The Labute approximate surface area is 123 Å². The molecule has 0 aliphatic heterocycles. The molecule has 0 aliphatic carbocycles. The molecular formula is C16H18FN3O. The molecule has 110 valence electrons. The van der Waals surface area contributed by atoms with Crippen LogP contribution in [0, 0.1) is 5.82 Å². The molecule has 2 aromatic rings. The summed E-state index contributed by atoms with van der Waals surface area (Å²) in [6, 6.07) is 9.89. The first-order chi connectivity index (χ1) is 10.2. The molecule has 0 radical (unpaired) electrons. The molecule has 1 unspecified atom stereocenters. The van der Waals surface area contributed by atoms with Crippen molar-refractivity contribution in [1.82, 2.24) is 15.6 Å². The van der Waals surface area contributed by atoms with Gasteiger partial charge in [0.15, 0.2) is 0 Å². The van der Waals surface area contributed by atoms with Crippen molar-refractivity contribution in [2.75, 3.05) is 6.54 Å². The number of halogens is 1. The van der Waals surface area contributed by atoms with Crippen LogP contribution in [0.3, 0.4) is 0 Å². The van der Waals surface area contributed by atoms with E-state index in [1.54, 1.807) is 30.6 Å². The van der Waals surface area contributed by atoms with Crippen LogP contribution in [0.25, 0.3) is 0 Å². The van der Waals surface area contributed by atoms with Gasteiger partial charge in [0, 0.05) is 18.9 Å². The van der Waals surface area contributed by atoms with E-state index in [2.05, 4.69) is 15.6 Å². The molecule has 21 heavy (non-hydrogen) atoms. The number of hydrogen-bond acceptors (Lipinski definition) is 2. The molecule has 0 saturated heterocycles. The van der Waals surface area contributed by atoms with Gasteiger partial charge in [-0.2, -0.15) is 0 Å². The fourth-order valence-corrected chi connectivity index (χ4v) is 1.99. The van der Waals surface area contributed by atoms with Crippen molar-refractivity contribution in [3.63, 3.8) is 0 Å². The number of carbonyl (C=O) groups is 1. The van der Waals surface area contributed by atoms with Crippen molar-refractivity contribution in [1.29, 1.82) is 0 Å². The Kier molecular flexibility index (Phi) is 5.26. The van der Waals surface area contributed by atoms with E-state index in [1.165, 1.54) is 6.07 Å². The number of carbonyl (C=O) groups excluding carboxylic acids is 1. The summed E-state index contributed by atoms with van der Waals surface area (Å²) in [5.41, 5.74) is 1.58. The van der Waals surface area contributed by atoms with Gasteiger partial charge in [-0.1, -0.05) is 18.2 Å². The molecule has 0 aliphatic rings. The first kappa shape index (κ1) is 15.0. The van der Waals surface area contributed by atoms with Crippen LogP contribution in [0.4, 0.5) is 9.18 Å². The third-order valence-electron chi connectivity index (χ3n) is 3.19. The predicted molar refractivity (Wildman–Crippen MR) is 79.3 cm³/mol. The summed E-state index contributed by atoms with van der Waals surface area (Å²) in [4.78, 5) is 15.7. The van der Waals surface area contributed by atoms with Crippen LogP contribution >= 0.6 is 0 Å². The maximum Gasteiger partial charge on any atom is 0.315 e. The van der Waals surface area contributed by atoms with Gasteiger partial charge >= 0.3 is 6.03 Å². The van der Waals surface area contributed by atoms with E-state index in [1.807, 2.05) is 19.1 Å². The van der Waals surface area contributed by atoms with Gasteiger partial charge < -0.3 is 10.6 Å². The summed E-state index contributed by atoms with van der Waals surface area (Å²) in [5.74, 6) is -0.245. The SMILES string of the molecule is CC(NC(=O)NCCc1ccccc1F)c1ccncc1. The van der Waals surface area contributed by atoms with Crippen molar-refractivity contribution >= 4 is 6.03 Å². The number of rotatable bonds is 5. The summed E-state index contributed by atoms with van der Waals surface area (Å²) >= 11 is 0. The maximum absolute atomic E-state index is 13.4. The van der Waals surface area contributed by atoms with Crippen molar-refractivity contribution < 1.29 is 9.18 Å². The lowest BCUT2D eigenvalue weighted by Gasteiger charge is -2.14. The number of amides is 2. The average molecular weight is 287 g/mol. The van der Waals surface area contributed by atoms with Crippen molar-refractivity contribution in [2.24, 2.45) is 0 Å². The Balaban J connectivity index is 1.76. The van der Waals surface area contributed by atoms with Gasteiger partial charge in [0.25, 0.3) is 0 Å². The smallest absolute Gasteiger partial charge is 0.315 e. The summed E-state index contributed by atoms with van der Waals surface area (Å²) in [7, 11) is 0. The fourth-order valence-electron chi connectivity index (χ4n) is 1.99. The summed E-state index contributed by atoms with van der Waals surface area (Å²) < 4.78 is 13.4. The highest BCUT2D eigenvalue weighted by molar-refractivity contribution is 5.74. The highest BCUT2D eigenvalue weighted by atomic mass is 19.1. The van der Waals surface area contributed by atoms with Crippen molar-refractivity contribution in [2.45, 2.75) is 19.4 Å². The van der Waals surface area contributed by atoms with E-state index in [0.29, 0.717) is 18.5 Å². The molecular weight excluding hydrogens is 269 g/mol. The molecule has 2 N–H and O–H groups in total.